The van der Waals surface area contributed by atoms with Crippen LogP contribution in [0.4, 0.5) is 0 Å². The number of likely N-dealkylation sites (N-methyl/N-ethyl adjacent to an activating group) is 7. The molecule has 0 unspecified atom stereocenters. The molecule has 2 aliphatic rings. The number of allylic oxidation sites excluding steroid dienone is 2. The van der Waals surface area contributed by atoms with Crippen molar-refractivity contribution in [2.75, 3.05) is 87.9 Å². The van der Waals surface area contributed by atoms with E-state index in [0.29, 0.717) is 45.0 Å². The topological polar surface area (TPSA) is 312 Å². The summed E-state index contributed by atoms with van der Waals surface area (Å²) in [7, 11) is 9.87. The third kappa shape index (κ3) is 24.8. The van der Waals surface area contributed by atoms with Crippen LogP contribution in [0.5, 0.6) is 0 Å². The molecule has 0 aromatic heterocycles. The fourth-order valence-corrected chi connectivity index (χ4v) is 13.3. The van der Waals surface area contributed by atoms with Crippen molar-refractivity contribution in [3.63, 3.8) is 0 Å². The van der Waals surface area contributed by atoms with E-state index in [1.54, 1.807) is 60.6 Å². The predicted molar refractivity (Wildman–Crippen MR) is 373 cm³/mol. The lowest BCUT2D eigenvalue weighted by atomic mass is 9.91. The van der Waals surface area contributed by atoms with Gasteiger partial charge in [0.25, 0.3) is 5.91 Å². The van der Waals surface area contributed by atoms with E-state index < -0.39 is 160 Å². The van der Waals surface area contributed by atoms with Gasteiger partial charge in [-0.3, -0.25) is 57.6 Å². The molecule has 0 saturated carbocycles. The molecule has 13 atom stereocenters. The molecule has 0 aliphatic carbocycles. The van der Waals surface area contributed by atoms with Crippen molar-refractivity contribution in [3.8, 4) is 0 Å². The minimum atomic E-state index is -1.66. The number of carbonyl (C=O) groups is 11. The van der Waals surface area contributed by atoms with Crippen LogP contribution in [-0.2, 0) is 57.5 Å². The first-order valence-electron chi connectivity index (χ1n) is 34.5. The number of aliphatic hydroxyl groups excluding tert-OH is 1. The maximum absolute atomic E-state index is 15.4. The summed E-state index contributed by atoms with van der Waals surface area (Å²) in [5.74, 6) is -10.00. The van der Waals surface area contributed by atoms with Gasteiger partial charge in [0.1, 0.15) is 60.4 Å². The molecule has 550 valence electrons. The first-order chi connectivity index (χ1) is 44.5. The molecule has 0 radical (unpaired) electrons. The number of amides is 11. The number of nitrogens with zero attached hydrogens (tertiary/aromatic N) is 8. The van der Waals surface area contributed by atoms with Crippen molar-refractivity contribution in [2.45, 2.75) is 240 Å². The Kier molecular flexibility index (Phi) is 35.6. The van der Waals surface area contributed by atoms with Crippen LogP contribution in [0.25, 0.3) is 0 Å². The van der Waals surface area contributed by atoms with Gasteiger partial charge in [-0.25, -0.2) is 0 Å². The van der Waals surface area contributed by atoms with E-state index >= 15 is 33.6 Å². The van der Waals surface area contributed by atoms with Gasteiger partial charge in [0.2, 0.25) is 59.1 Å². The van der Waals surface area contributed by atoms with Gasteiger partial charge in [0.15, 0.2) is 5.37 Å². The lowest BCUT2D eigenvalue weighted by Crippen LogP contribution is -2.64. The van der Waals surface area contributed by atoms with Gasteiger partial charge in [0, 0.05) is 68.8 Å². The second-order valence-corrected chi connectivity index (χ2v) is 30.4. The van der Waals surface area contributed by atoms with Gasteiger partial charge in [-0.1, -0.05) is 95.2 Å². The normalized spacial score (nSPS) is 27.3. The second kappa shape index (κ2) is 39.6. The van der Waals surface area contributed by atoms with E-state index in [1.807, 2.05) is 41.5 Å². The molecule has 2 fully saturated rings. The minimum Gasteiger partial charge on any atom is -0.390 e. The minimum absolute atomic E-state index is 0.0329. The van der Waals surface area contributed by atoms with E-state index in [-0.39, 0.29) is 56.3 Å². The van der Waals surface area contributed by atoms with E-state index in [2.05, 4.69) is 26.2 Å². The van der Waals surface area contributed by atoms with Gasteiger partial charge in [-0.05, 0) is 121 Å². The van der Waals surface area contributed by atoms with Crippen molar-refractivity contribution in [1.29, 1.82) is 0 Å². The molecule has 2 rings (SSSR count). The number of nitrogens with one attached hydrogen (secondary N) is 4. The summed E-state index contributed by atoms with van der Waals surface area (Å²) in [6.45, 7) is 32.1. The number of carbonyl (C=O) groups excluding carboxylic acids is 11. The summed E-state index contributed by atoms with van der Waals surface area (Å²) in [5.41, 5.74) is -1.59. The lowest BCUT2D eigenvalue weighted by molar-refractivity contribution is -0.157. The summed E-state index contributed by atoms with van der Waals surface area (Å²) in [6, 6.07) is -13.1. The molecular formula is C69H124N12O14S. The molecule has 2 heterocycles. The predicted octanol–water partition coefficient (Wildman–Crippen LogP) is 3.17. The fourth-order valence-electron chi connectivity index (χ4n) is 12.2. The Labute approximate surface area is 578 Å². The molecule has 2 aliphatic heterocycles. The van der Waals surface area contributed by atoms with Crippen molar-refractivity contribution >= 4 is 76.7 Å². The Morgan fingerprint density at radius 2 is 1.01 bits per heavy atom. The second-order valence-electron chi connectivity index (χ2n) is 29.2. The monoisotopic (exact) mass is 1380 g/mol. The third-order valence-corrected chi connectivity index (χ3v) is 19.5. The van der Waals surface area contributed by atoms with E-state index in [4.69, 9.17) is 4.74 Å². The Balaban J connectivity index is 3.12. The molecule has 27 heteroatoms. The molecule has 6 N–H and O–H groups in total. The number of aliphatic hydroxyl groups is 2. The van der Waals surface area contributed by atoms with Crippen molar-refractivity contribution in [3.05, 3.63) is 12.2 Å². The summed E-state index contributed by atoms with van der Waals surface area (Å²) >= 11 is 1.14. The van der Waals surface area contributed by atoms with Crippen LogP contribution in [0.1, 0.15) is 163 Å². The van der Waals surface area contributed by atoms with Crippen LogP contribution < -0.4 is 21.3 Å². The average Bonchev–Trinajstić information content (AvgIpc) is 0.812. The molecule has 0 spiro atoms. The van der Waals surface area contributed by atoms with Crippen LogP contribution >= 0.6 is 11.8 Å². The standard InChI is InChI=1S/C69H124N12O14S/c1-25-27-29-45(13)56(82)55-60(86)72-48(26-2)62(88)80(24)68(96-35-28-30-81-31-33-95-34-32-81)67(93)77(21)52(39-69(16,17)94)59(85)73-53(43(9)10)65(91)74(18)49(36-40(3)4)58(84)70-46(14)57(83)71-47(15)61(87)75(19)50(37-41(5)6)63(89)76(20)51(38-42(7)8)64(90)78(22)54(44(11)12)66(92)79(55)23/h25,27,40-56,68,82,94H,26,28-39H2,1-24H3,(H,70,84)(H,71,83)(H,72,86)(H,73,85)/t45-,46+,47-,48+,49+,50+,51+,52+,53+,54+,55+,56-,68-/m1/s1. The van der Waals surface area contributed by atoms with Gasteiger partial charge in [-0.2, -0.15) is 0 Å². The number of ether oxygens (including phenoxy) is 1. The SMILES string of the molecule is CC=CC[C@@H](C)[C@@H](O)[C@H]1C(=O)N[C@@H](CC)C(=O)N(C)[C@H](SCCCN2CCOCC2)C(=O)N(C)[C@@H](CC(C)(C)O)C(=O)N[C@@H](C(C)C)C(=O)N(C)[C@@H](CC(C)C)C(=O)N[C@@H](C)C(=O)N[C@H](C)C(=O)N(C)[C@@H](CC(C)C)C(=O)N(C)[C@@H](CC(C)C)C(=O)N(C)[C@@H](C(C)C)C(=O)N1C. The zero-order valence-corrected chi connectivity index (χ0v) is 63.3. The fraction of sp³-hybridized carbons (Fsp3) is 0.812. The molecule has 0 aromatic rings. The Hall–Kier alpha value is -5.90. The molecule has 2 saturated heterocycles. The zero-order valence-electron chi connectivity index (χ0n) is 62.5. The van der Waals surface area contributed by atoms with Crippen LogP contribution in [0, 0.1) is 35.5 Å². The van der Waals surface area contributed by atoms with E-state index in [9.17, 15) is 29.4 Å². The highest BCUT2D eigenvalue weighted by Crippen LogP contribution is 2.28. The first kappa shape index (κ1) is 86.2. The number of hydrogen-bond acceptors (Lipinski definition) is 16. The van der Waals surface area contributed by atoms with Crippen molar-refractivity contribution in [2.24, 2.45) is 35.5 Å². The Morgan fingerprint density at radius 1 is 0.542 bits per heavy atom. The first-order valence-corrected chi connectivity index (χ1v) is 35.6. The summed E-state index contributed by atoms with van der Waals surface area (Å²) in [6.07, 6.45) is 2.91. The highest BCUT2D eigenvalue weighted by Gasteiger charge is 2.47. The van der Waals surface area contributed by atoms with Gasteiger partial charge in [0.05, 0.1) is 24.9 Å². The lowest BCUT2D eigenvalue weighted by Gasteiger charge is -2.41. The van der Waals surface area contributed by atoms with Gasteiger partial charge >= 0.3 is 0 Å². The quantitative estimate of drug-likeness (QED) is 0.0753. The maximum atomic E-state index is 15.4. The molecule has 96 heavy (non-hydrogen) atoms. The molecule has 0 bridgehead atoms. The van der Waals surface area contributed by atoms with Crippen molar-refractivity contribution < 1.29 is 67.7 Å². The molecule has 11 amide bonds. The maximum Gasteiger partial charge on any atom is 0.256 e. The Bertz CT molecular complexity index is 2630. The van der Waals surface area contributed by atoms with Gasteiger partial charge in [-0.15, -0.1) is 11.8 Å². The summed E-state index contributed by atoms with van der Waals surface area (Å²) < 4.78 is 5.55. The van der Waals surface area contributed by atoms with Crippen LogP contribution in [-0.4, -0.2) is 280 Å². The molecular weight excluding hydrogens is 1250 g/mol. The third-order valence-electron chi connectivity index (χ3n) is 18.2. The van der Waals surface area contributed by atoms with Crippen LogP contribution in [0.15, 0.2) is 12.2 Å². The summed E-state index contributed by atoms with van der Waals surface area (Å²) in [4.78, 5) is 175. The average molecular weight is 1380 g/mol. The van der Waals surface area contributed by atoms with Crippen molar-refractivity contribution in [1.82, 2.24) is 60.5 Å². The van der Waals surface area contributed by atoms with Crippen LogP contribution in [0.3, 0.4) is 0 Å². The summed E-state index contributed by atoms with van der Waals surface area (Å²) in [5, 5.41) is 33.5. The zero-order chi connectivity index (χ0) is 73.7. The number of morpholine rings is 1. The largest absolute Gasteiger partial charge is 0.390 e. The van der Waals surface area contributed by atoms with Gasteiger partial charge < -0.3 is 70.5 Å². The smallest absolute Gasteiger partial charge is 0.256 e. The molecule has 26 nitrogen and oxygen atoms in total. The number of hydrogen-bond donors (Lipinski definition) is 6. The highest BCUT2D eigenvalue weighted by atomic mass is 32.2. The van der Waals surface area contributed by atoms with E-state index in [1.165, 1.54) is 102 Å². The van der Waals surface area contributed by atoms with Crippen LogP contribution in [0.2, 0.25) is 0 Å². The highest BCUT2D eigenvalue weighted by molar-refractivity contribution is 8.00. The number of thioether (sulfide) groups is 1. The number of rotatable bonds is 20. The van der Waals surface area contributed by atoms with E-state index in [0.717, 1.165) is 21.6 Å². The molecule has 0 aromatic carbocycles. The Morgan fingerprint density at radius 3 is 1.50 bits per heavy atom.